The van der Waals surface area contributed by atoms with Gasteiger partial charge in [0, 0.05) is 0 Å². The van der Waals surface area contributed by atoms with Crippen LogP contribution in [0.1, 0.15) is 71.9 Å². The fraction of sp³-hybridized carbons (Fsp3) is 0.333. The Hall–Kier alpha value is -2.60. The van der Waals surface area contributed by atoms with Gasteiger partial charge in [0.15, 0.2) is 0 Å². The molecule has 0 spiro atoms. The lowest BCUT2D eigenvalue weighted by Gasteiger charge is -2.36. The highest BCUT2D eigenvalue weighted by molar-refractivity contribution is 5.96. The first-order valence-corrected chi connectivity index (χ1v) is 11.8. The summed E-state index contributed by atoms with van der Waals surface area (Å²) in [7, 11) is 0. The first kappa shape index (κ1) is 18.2. The molecule has 0 unspecified atom stereocenters. The molecule has 0 aromatic heterocycles. The number of benzene rings is 3. The lowest BCUT2D eigenvalue weighted by Crippen LogP contribution is -2.22. The van der Waals surface area contributed by atoms with Gasteiger partial charge in [0.25, 0.3) is 0 Å². The molecule has 6 rings (SSSR count). The average Bonchev–Trinajstić information content (AvgIpc) is 2.80. The minimum Gasteiger partial charge on any atom is -0.0836 e. The van der Waals surface area contributed by atoms with Crippen molar-refractivity contribution in [3.63, 3.8) is 0 Å². The third kappa shape index (κ3) is 2.88. The van der Waals surface area contributed by atoms with Crippen molar-refractivity contribution in [3.8, 4) is 0 Å². The van der Waals surface area contributed by atoms with E-state index in [0.717, 1.165) is 5.92 Å². The Morgan fingerprint density at radius 3 is 2.73 bits per heavy atom. The molecule has 0 nitrogen and oxygen atoms in total. The normalized spacial score (nSPS) is 22.2. The highest BCUT2D eigenvalue weighted by Gasteiger charge is 2.31. The van der Waals surface area contributed by atoms with Gasteiger partial charge in [-0.2, -0.15) is 0 Å². The van der Waals surface area contributed by atoms with Gasteiger partial charge >= 0.3 is 0 Å². The summed E-state index contributed by atoms with van der Waals surface area (Å²) in [5, 5.41) is 2.83. The first-order valence-electron chi connectivity index (χ1n) is 11.8. The molecule has 0 saturated heterocycles. The highest BCUT2D eigenvalue weighted by atomic mass is 14.4. The van der Waals surface area contributed by atoms with E-state index >= 15 is 0 Å². The summed E-state index contributed by atoms with van der Waals surface area (Å²) in [6, 6.07) is 18.4. The minimum atomic E-state index is 0.649. The van der Waals surface area contributed by atoms with E-state index in [-0.39, 0.29) is 0 Å². The summed E-state index contributed by atoms with van der Waals surface area (Å²) in [6.45, 7) is 2.51. The molecule has 0 radical (unpaired) electrons. The van der Waals surface area contributed by atoms with Crippen LogP contribution in [0.3, 0.4) is 0 Å². The Labute approximate surface area is 180 Å². The van der Waals surface area contributed by atoms with Crippen molar-refractivity contribution in [1.82, 2.24) is 0 Å². The number of rotatable bonds is 2. The van der Waals surface area contributed by atoms with Crippen LogP contribution in [0.5, 0.6) is 0 Å². The lowest BCUT2D eigenvalue weighted by atomic mass is 9.69. The summed E-state index contributed by atoms with van der Waals surface area (Å²) in [4.78, 5) is 0. The average molecular weight is 391 g/mol. The molecule has 150 valence electrons. The SMILES string of the molecule is C[C@@H]1c2c(ccc3c2CCC=C3)CC[C@H]1CC1=CCCc2ccc3ccccc3c21. The number of hydrogen-bond donors (Lipinski definition) is 0. The van der Waals surface area contributed by atoms with Gasteiger partial charge in [-0.1, -0.05) is 73.7 Å². The summed E-state index contributed by atoms with van der Waals surface area (Å²) in [6.07, 6.45) is 15.8. The molecular formula is C30H30. The van der Waals surface area contributed by atoms with Crippen LogP contribution in [0.2, 0.25) is 0 Å². The zero-order valence-corrected chi connectivity index (χ0v) is 18.0. The third-order valence-electron chi connectivity index (χ3n) is 7.91. The van der Waals surface area contributed by atoms with Gasteiger partial charge in [0.2, 0.25) is 0 Å². The van der Waals surface area contributed by atoms with E-state index in [1.165, 1.54) is 61.3 Å². The smallest absolute Gasteiger partial charge is 0.0106 e. The molecule has 0 amide bonds. The quantitative estimate of drug-likeness (QED) is 0.417. The number of fused-ring (bicyclic) bond motifs is 6. The molecule has 0 heterocycles. The molecule has 30 heavy (non-hydrogen) atoms. The number of hydrogen-bond acceptors (Lipinski definition) is 0. The predicted molar refractivity (Wildman–Crippen MR) is 129 cm³/mol. The van der Waals surface area contributed by atoms with Gasteiger partial charge in [0.05, 0.1) is 0 Å². The summed E-state index contributed by atoms with van der Waals surface area (Å²) in [5.41, 5.74) is 11.2. The predicted octanol–water partition coefficient (Wildman–Crippen LogP) is 7.89. The van der Waals surface area contributed by atoms with Gasteiger partial charge < -0.3 is 0 Å². The summed E-state index contributed by atoms with van der Waals surface area (Å²) in [5.74, 6) is 1.39. The lowest BCUT2D eigenvalue weighted by molar-refractivity contribution is 0.396. The topological polar surface area (TPSA) is 0 Å². The van der Waals surface area contributed by atoms with Crippen molar-refractivity contribution in [2.24, 2.45) is 5.92 Å². The molecule has 0 heteroatoms. The Balaban J connectivity index is 1.38. The first-order chi connectivity index (χ1) is 14.8. The molecule has 3 aromatic carbocycles. The van der Waals surface area contributed by atoms with Gasteiger partial charge in [-0.25, -0.2) is 0 Å². The number of aryl methyl sites for hydroxylation is 2. The molecule has 3 aliphatic carbocycles. The fourth-order valence-corrected chi connectivity index (χ4v) is 6.37. The van der Waals surface area contributed by atoms with Gasteiger partial charge in [-0.05, 0) is 107 Å². The summed E-state index contributed by atoms with van der Waals surface area (Å²) < 4.78 is 0. The molecule has 0 N–H and O–H groups in total. The van der Waals surface area contributed by atoms with E-state index < -0.39 is 0 Å². The van der Waals surface area contributed by atoms with Gasteiger partial charge in [0.1, 0.15) is 0 Å². The van der Waals surface area contributed by atoms with E-state index in [1.54, 1.807) is 33.4 Å². The Morgan fingerprint density at radius 2 is 1.77 bits per heavy atom. The molecule has 3 aliphatic rings. The molecule has 2 atom stereocenters. The van der Waals surface area contributed by atoms with E-state index in [4.69, 9.17) is 0 Å². The van der Waals surface area contributed by atoms with Crippen molar-refractivity contribution in [2.45, 2.75) is 57.8 Å². The molecule has 0 saturated carbocycles. The van der Waals surface area contributed by atoms with E-state index in [1.807, 2.05) is 0 Å². The standard InChI is InChI=1S/C30H30/c1-20-25(18-17-24-16-14-21-7-2-4-11-27(21)29(20)24)19-26-10-6-9-23-15-13-22-8-3-5-12-28(22)30(23)26/h2-3,5,7-8,10,12-16,20,25H,4,6,9,11,17-19H2,1H3/t20-,25-/m0/s1. The largest absolute Gasteiger partial charge is 0.0836 e. The van der Waals surface area contributed by atoms with Gasteiger partial charge in [-0.3, -0.25) is 0 Å². The van der Waals surface area contributed by atoms with E-state index in [2.05, 4.69) is 73.7 Å². The van der Waals surface area contributed by atoms with Crippen LogP contribution in [0.25, 0.3) is 22.4 Å². The zero-order chi connectivity index (χ0) is 20.1. The molecule has 0 aliphatic heterocycles. The summed E-state index contributed by atoms with van der Waals surface area (Å²) >= 11 is 0. The number of allylic oxidation sites excluding steroid dienone is 3. The second-order valence-corrected chi connectivity index (χ2v) is 9.53. The molecule has 0 bridgehead atoms. The maximum absolute atomic E-state index is 2.56. The second-order valence-electron chi connectivity index (χ2n) is 9.53. The zero-order valence-electron chi connectivity index (χ0n) is 18.0. The van der Waals surface area contributed by atoms with E-state index in [9.17, 15) is 0 Å². The monoisotopic (exact) mass is 390 g/mol. The van der Waals surface area contributed by atoms with Crippen molar-refractivity contribution in [2.75, 3.05) is 0 Å². The molecule has 3 aromatic rings. The van der Waals surface area contributed by atoms with Gasteiger partial charge in [-0.15, -0.1) is 0 Å². The van der Waals surface area contributed by atoms with E-state index in [0.29, 0.717) is 5.92 Å². The Bertz CT molecular complexity index is 1190. The second kappa shape index (κ2) is 7.27. The maximum atomic E-state index is 2.56. The van der Waals surface area contributed by atoms with Crippen molar-refractivity contribution < 1.29 is 0 Å². The molecular weight excluding hydrogens is 360 g/mol. The third-order valence-corrected chi connectivity index (χ3v) is 7.91. The van der Waals surface area contributed by atoms with Crippen LogP contribution >= 0.6 is 0 Å². The van der Waals surface area contributed by atoms with Crippen molar-refractivity contribution in [1.29, 1.82) is 0 Å². The van der Waals surface area contributed by atoms with Crippen LogP contribution in [0.15, 0.2) is 60.7 Å². The Kier molecular flexibility index (Phi) is 4.41. The van der Waals surface area contributed by atoms with Crippen molar-refractivity contribution in [3.05, 3.63) is 94.1 Å². The van der Waals surface area contributed by atoms with Crippen LogP contribution in [-0.2, 0) is 19.3 Å². The maximum Gasteiger partial charge on any atom is -0.0106 e. The van der Waals surface area contributed by atoms with Crippen LogP contribution in [-0.4, -0.2) is 0 Å². The highest BCUT2D eigenvalue weighted by Crippen LogP contribution is 2.46. The molecule has 0 fully saturated rings. The van der Waals surface area contributed by atoms with Crippen molar-refractivity contribution >= 4 is 22.4 Å². The van der Waals surface area contributed by atoms with Crippen LogP contribution in [0, 0.1) is 5.92 Å². The Morgan fingerprint density at radius 1 is 0.867 bits per heavy atom. The fourth-order valence-electron chi connectivity index (χ4n) is 6.37. The van der Waals surface area contributed by atoms with Crippen LogP contribution in [0.4, 0.5) is 0 Å². The van der Waals surface area contributed by atoms with Crippen LogP contribution < -0.4 is 0 Å². The minimum absolute atomic E-state index is 0.649.